The second kappa shape index (κ2) is 8.18. The number of para-hydroxylation sites is 1. The van der Waals surface area contributed by atoms with Crippen LogP contribution in [0.5, 0.6) is 0 Å². The van der Waals surface area contributed by atoms with Gasteiger partial charge in [-0.05, 0) is 37.6 Å². The van der Waals surface area contributed by atoms with Crippen molar-refractivity contribution in [3.8, 4) is 0 Å². The lowest BCUT2D eigenvalue weighted by molar-refractivity contribution is -0.123. The van der Waals surface area contributed by atoms with Crippen molar-refractivity contribution in [1.82, 2.24) is 4.98 Å². The summed E-state index contributed by atoms with van der Waals surface area (Å²) in [6.45, 7) is 2.02. The molecule has 1 N–H and O–H groups in total. The number of amides is 2. The molecule has 0 aliphatic carbocycles. The van der Waals surface area contributed by atoms with E-state index >= 15 is 0 Å². The first kappa shape index (κ1) is 18.8. The third-order valence-corrected chi connectivity index (χ3v) is 4.34. The molecule has 3 rings (SSSR count). The second-order valence-electron chi connectivity index (χ2n) is 6.06. The molecule has 1 aliphatic heterocycles. The Labute approximate surface area is 161 Å². The number of nitrogens with one attached hydrogen (secondary N) is 1. The molecule has 1 aromatic heterocycles. The number of hydrogen-bond donors (Lipinski definition) is 1. The number of hydrogen-bond acceptors (Lipinski definition) is 5. The van der Waals surface area contributed by atoms with Crippen LogP contribution in [0.25, 0.3) is 0 Å². The van der Waals surface area contributed by atoms with Gasteiger partial charge in [-0.25, -0.2) is 9.78 Å². The van der Waals surface area contributed by atoms with E-state index in [-0.39, 0.29) is 11.5 Å². The van der Waals surface area contributed by atoms with Gasteiger partial charge in [0.15, 0.2) is 6.10 Å². The van der Waals surface area contributed by atoms with Crippen LogP contribution in [-0.2, 0) is 14.3 Å². The number of halogens is 1. The molecule has 0 saturated carbocycles. The highest BCUT2D eigenvalue weighted by Gasteiger charge is 2.27. The van der Waals surface area contributed by atoms with Gasteiger partial charge in [0.05, 0.1) is 16.3 Å². The Kier molecular flexibility index (Phi) is 5.71. The maximum Gasteiger partial charge on any atom is 0.341 e. The summed E-state index contributed by atoms with van der Waals surface area (Å²) in [5.74, 6) is -0.921. The van der Waals surface area contributed by atoms with Gasteiger partial charge < -0.3 is 15.0 Å². The molecule has 140 valence electrons. The number of nitrogens with zero attached hydrogens (tertiary/aromatic N) is 2. The molecule has 0 unspecified atom stereocenters. The highest BCUT2D eigenvalue weighted by Crippen LogP contribution is 2.26. The van der Waals surface area contributed by atoms with E-state index in [0.717, 1.165) is 6.42 Å². The fourth-order valence-corrected chi connectivity index (χ4v) is 2.85. The molecule has 8 heteroatoms. The number of ether oxygens (including phenoxy) is 1. The predicted molar refractivity (Wildman–Crippen MR) is 101 cm³/mol. The Hall–Kier alpha value is -2.93. The molecule has 1 fully saturated rings. The fraction of sp³-hybridized carbons (Fsp3) is 0.263. The van der Waals surface area contributed by atoms with Crippen molar-refractivity contribution in [2.45, 2.75) is 25.9 Å². The molecule has 1 aromatic carbocycles. The first-order valence-electron chi connectivity index (χ1n) is 8.48. The van der Waals surface area contributed by atoms with E-state index in [2.05, 4.69) is 10.3 Å². The molecule has 0 bridgehead atoms. The minimum atomic E-state index is -1.04. The third-order valence-electron chi connectivity index (χ3n) is 4.12. The van der Waals surface area contributed by atoms with Gasteiger partial charge in [0.2, 0.25) is 5.91 Å². The van der Waals surface area contributed by atoms with E-state index in [4.69, 9.17) is 16.3 Å². The summed E-state index contributed by atoms with van der Waals surface area (Å²) in [5.41, 5.74) is 0.744. The first-order valence-corrected chi connectivity index (χ1v) is 8.86. The van der Waals surface area contributed by atoms with Gasteiger partial charge in [-0.3, -0.25) is 9.59 Å². The Balaban J connectivity index is 1.69. The van der Waals surface area contributed by atoms with Crippen molar-refractivity contribution in [2.24, 2.45) is 0 Å². The van der Waals surface area contributed by atoms with Crippen molar-refractivity contribution in [3.05, 3.63) is 53.2 Å². The minimum Gasteiger partial charge on any atom is -0.449 e. The van der Waals surface area contributed by atoms with Crippen molar-refractivity contribution in [1.29, 1.82) is 0 Å². The molecule has 27 heavy (non-hydrogen) atoms. The zero-order chi connectivity index (χ0) is 19.4. The summed E-state index contributed by atoms with van der Waals surface area (Å²) in [4.78, 5) is 42.3. The monoisotopic (exact) mass is 387 g/mol. The van der Waals surface area contributed by atoms with Gasteiger partial charge in [-0.15, -0.1) is 0 Å². The lowest BCUT2D eigenvalue weighted by Crippen LogP contribution is -2.31. The smallest absolute Gasteiger partial charge is 0.341 e. The Morgan fingerprint density at radius 3 is 2.70 bits per heavy atom. The minimum absolute atomic E-state index is 0.0325. The van der Waals surface area contributed by atoms with E-state index in [1.54, 1.807) is 41.3 Å². The van der Waals surface area contributed by atoms with Crippen LogP contribution < -0.4 is 10.2 Å². The number of benzene rings is 1. The van der Waals surface area contributed by atoms with Crippen LogP contribution in [0.3, 0.4) is 0 Å². The summed E-state index contributed by atoms with van der Waals surface area (Å²) in [7, 11) is 0. The quantitative estimate of drug-likeness (QED) is 0.796. The molecular formula is C19H18ClN3O4. The highest BCUT2D eigenvalue weighted by molar-refractivity contribution is 6.30. The SMILES string of the molecule is C[C@@H](OC(=O)c1ccccc1N1CCCC1=O)C(=O)Nc1ccc(Cl)cn1. The van der Waals surface area contributed by atoms with Gasteiger partial charge in [0.25, 0.3) is 5.91 Å². The largest absolute Gasteiger partial charge is 0.449 e. The first-order chi connectivity index (χ1) is 13.0. The molecule has 0 spiro atoms. The van der Waals surface area contributed by atoms with Gasteiger partial charge in [0.1, 0.15) is 5.82 Å². The molecule has 2 heterocycles. The molecule has 2 amide bonds. The maximum absolute atomic E-state index is 12.6. The fourth-order valence-electron chi connectivity index (χ4n) is 2.74. The standard InChI is InChI=1S/C19H18ClN3O4/c1-12(18(25)22-16-9-8-13(20)11-21-16)27-19(26)14-5-2-3-6-15(14)23-10-4-7-17(23)24/h2-3,5-6,8-9,11-12H,4,7,10H2,1H3,(H,21,22,25)/t12-/m1/s1. The van der Waals surface area contributed by atoms with Crippen molar-refractivity contribution >= 4 is 40.9 Å². The summed E-state index contributed by atoms with van der Waals surface area (Å²) >= 11 is 5.75. The highest BCUT2D eigenvalue weighted by atomic mass is 35.5. The molecule has 2 aromatic rings. The molecule has 7 nitrogen and oxygen atoms in total. The van der Waals surface area contributed by atoms with Crippen LogP contribution in [0.1, 0.15) is 30.1 Å². The number of aromatic nitrogens is 1. The van der Waals surface area contributed by atoms with Crippen molar-refractivity contribution < 1.29 is 19.1 Å². The van der Waals surface area contributed by atoms with E-state index in [9.17, 15) is 14.4 Å². The van der Waals surface area contributed by atoms with Crippen LogP contribution >= 0.6 is 11.6 Å². The van der Waals surface area contributed by atoms with Gasteiger partial charge in [-0.1, -0.05) is 23.7 Å². The topological polar surface area (TPSA) is 88.6 Å². The Morgan fingerprint density at radius 1 is 1.26 bits per heavy atom. The number of anilines is 2. The number of carbonyl (C=O) groups excluding carboxylic acids is 3. The van der Waals surface area contributed by atoms with Crippen molar-refractivity contribution in [3.63, 3.8) is 0 Å². The van der Waals surface area contributed by atoms with Gasteiger partial charge in [0, 0.05) is 19.2 Å². The number of carbonyl (C=O) groups is 3. The van der Waals surface area contributed by atoms with Crippen LogP contribution in [0, 0.1) is 0 Å². The average Bonchev–Trinajstić information content (AvgIpc) is 3.09. The summed E-state index contributed by atoms with van der Waals surface area (Å²) in [5, 5.41) is 3.00. The van der Waals surface area contributed by atoms with Gasteiger partial charge in [-0.2, -0.15) is 0 Å². The third kappa shape index (κ3) is 4.43. The van der Waals surface area contributed by atoms with E-state index in [1.165, 1.54) is 13.1 Å². The van der Waals surface area contributed by atoms with Crippen LogP contribution in [0.2, 0.25) is 5.02 Å². The molecule has 1 atom stereocenters. The summed E-state index contributed by atoms with van der Waals surface area (Å²) < 4.78 is 5.29. The summed E-state index contributed by atoms with van der Waals surface area (Å²) in [6, 6.07) is 9.84. The predicted octanol–water partition coefficient (Wildman–Crippen LogP) is 3.05. The van der Waals surface area contributed by atoms with Crippen LogP contribution in [0.4, 0.5) is 11.5 Å². The lowest BCUT2D eigenvalue weighted by atomic mass is 10.1. The lowest BCUT2D eigenvalue weighted by Gasteiger charge is -2.20. The van der Waals surface area contributed by atoms with Crippen molar-refractivity contribution in [2.75, 3.05) is 16.8 Å². The Bertz CT molecular complexity index is 870. The average molecular weight is 388 g/mol. The molecular weight excluding hydrogens is 370 g/mol. The van der Waals surface area contributed by atoms with E-state index in [0.29, 0.717) is 29.5 Å². The second-order valence-corrected chi connectivity index (χ2v) is 6.50. The van der Waals surface area contributed by atoms with E-state index < -0.39 is 18.0 Å². The molecule has 0 radical (unpaired) electrons. The zero-order valence-electron chi connectivity index (χ0n) is 14.6. The normalized spacial score (nSPS) is 14.7. The van der Waals surface area contributed by atoms with Crippen LogP contribution in [0.15, 0.2) is 42.6 Å². The van der Waals surface area contributed by atoms with Gasteiger partial charge >= 0.3 is 5.97 Å². The zero-order valence-corrected chi connectivity index (χ0v) is 15.4. The molecule has 1 saturated heterocycles. The Morgan fingerprint density at radius 2 is 2.04 bits per heavy atom. The summed E-state index contributed by atoms with van der Waals surface area (Å²) in [6.07, 6.45) is 1.56. The maximum atomic E-state index is 12.6. The van der Waals surface area contributed by atoms with Crippen LogP contribution in [-0.4, -0.2) is 35.4 Å². The molecule has 1 aliphatic rings. The number of pyridine rings is 1. The van der Waals surface area contributed by atoms with E-state index in [1.807, 2.05) is 0 Å². The number of rotatable bonds is 5. The number of esters is 1.